The molecule has 0 radical (unpaired) electrons. The highest BCUT2D eigenvalue weighted by Gasteiger charge is 2.31. The molecule has 2 fully saturated rings. The summed E-state index contributed by atoms with van der Waals surface area (Å²) in [4.78, 5) is 14.2. The van der Waals surface area contributed by atoms with Gasteiger partial charge in [0.1, 0.15) is 17.5 Å². The average molecular weight is 275 g/mol. The van der Waals surface area contributed by atoms with Gasteiger partial charge in [-0.1, -0.05) is 6.92 Å². The Morgan fingerprint density at radius 2 is 2.10 bits per heavy atom. The predicted octanol–water partition coefficient (Wildman–Crippen LogP) is 1.60. The summed E-state index contributed by atoms with van der Waals surface area (Å²) in [6, 6.07) is 0.703. The number of fused-ring (bicyclic) bond motifs is 1. The van der Waals surface area contributed by atoms with Crippen LogP contribution in [0.1, 0.15) is 37.6 Å². The van der Waals surface area contributed by atoms with Crippen LogP contribution in [0.25, 0.3) is 0 Å². The van der Waals surface area contributed by atoms with Crippen molar-refractivity contribution in [3.63, 3.8) is 0 Å². The summed E-state index contributed by atoms with van der Waals surface area (Å²) in [6.45, 7) is 8.75. The van der Waals surface area contributed by atoms with Crippen LogP contribution in [0.4, 0.5) is 11.6 Å². The lowest BCUT2D eigenvalue weighted by atomic mass is 10.1. The van der Waals surface area contributed by atoms with E-state index in [-0.39, 0.29) is 0 Å². The van der Waals surface area contributed by atoms with Gasteiger partial charge in [0.05, 0.1) is 0 Å². The summed E-state index contributed by atoms with van der Waals surface area (Å²) in [6.07, 6.45) is 4.61. The Kier molecular flexibility index (Phi) is 3.78. The van der Waals surface area contributed by atoms with Crippen molar-refractivity contribution in [1.29, 1.82) is 0 Å². The molecular formula is C15H25N5. The molecule has 5 nitrogen and oxygen atoms in total. The average Bonchev–Trinajstić information content (AvgIpc) is 2.90. The summed E-state index contributed by atoms with van der Waals surface area (Å²) in [5.41, 5.74) is 7.12. The molecule has 3 rings (SSSR count). The molecule has 0 amide bonds. The van der Waals surface area contributed by atoms with Crippen LogP contribution in [0.3, 0.4) is 0 Å². The van der Waals surface area contributed by atoms with E-state index in [1.54, 1.807) is 0 Å². The maximum absolute atomic E-state index is 6.08. The van der Waals surface area contributed by atoms with Crippen LogP contribution in [-0.4, -0.2) is 47.1 Å². The lowest BCUT2D eigenvalue weighted by Crippen LogP contribution is -2.50. The molecule has 2 aliphatic heterocycles. The van der Waals surface area contributed by atoms with E-state index in [0.717, 1.165) is 49.7 Å². The minimum Gasteiger partial charge on any atom is -0.383 e. The fraction of sp³-hybridized carbons (Fsp3) is 0.733. The summed E-state index contributed by atoms with van der Waals surface area (Å²) < 4.78 is 0. The first-order chi connectivity index (χ1) is 9.69. The largest absolute Gasteiger partial charge is 0.383 e. The Hall–Kier alpha value is -1.36. The zero-order valence-electron chi connectivity index (χ0n) is 12.6. The molecule has 0 aliphatic carbocycles. The smallest absolute Gasteiger partial charge is 0.137 e. The molecule has 2 saturated heterocycles. The van der Waals surface area contributed by atoms with Crippen molar-refractivity contribution in [1.82, 2.24) is 14.9 Å². The summed E-state index contributed by atoms with van der Waals surface area (Å²) in [5.74, 6) is 2.60. The van der Waals surface area contributed by atoms with Gasteiger partial charge in [0.15, 0.2) is 0 Å². The van der Waals surface area contributed by atoms with Crippen molar-refractivity contribution in [2.24, 2.45) is 0 Å². The van der Waals surface area contributed by atoms with Crippen LogP contribution in [0.5, 0.6) is 0 Å². The number of aromatic nitrogens is 2. The van der Waals surface area contributed by atoms with E-state index in [4.69, 9.17) is 10.7 Å². The van der Waals surface area contributed by atoms with Crippen LogP contribution in [0.2, 0.25) is 0 Å². The Balaban J connectivity index is 1.85. The minimum absolute atomic E-state index is 0.646. The van der Waals surface area contributed by atoms with Crippen molar-refractivity contribution < 1.29 is 0 Å². The third kappa shape index (κ3) is 2.46. The molecule has 2 aliphatic rings. The molecule has 0 bridgehead atoms. The Morgan fingerprint density at radius 3 is 2.90 bits per heavy atom. The van der Waals surface area contributed by atoms with Crippen LogP contribution in [0.15, 0.2) is 0 Å². The molecule has 0 aromatic carbocycles. The Labute approximate surface area is 121 Å². The van der Waals surface area contributed by atoms with Gasteiger partial charge >= 0.3 is 0 Å². The SMILES string of the molecule is CCCc1nc(N)c(C)c(N2CCN3CCCC3C2)n1. The number of hydrogen-bond acceptors (Lipinski definition) is 5. The number of anilines is 2. The first-order valence-corrected chi connectivity index (χ1v) is 7.81. The van der Waals surface area contributed by atoms with Gasteiger partial charge in [-0.05, 0) is 32.7 Å². The van der Waals surface area contributed by atoms with Gasteiger partial charge in [0.25, 0.3) is 0 Å². The molecule has 2 N–H and O–H groups in total. The Bertz CT molecular complexity index is 487. The molecular weight excluding hydrogens is 250 g/mol. The monoisotopic (exact) mass is 275 g/mol. The molecule has 0 saturated carbocycles. The fourth-order valence-electron chi connectivity index (χ4n) is 3.40. The van der Waals surface area contributed by atoms with Crippen molar-refractivity contribution in [2.75, 3.05) is 36.8 Å². The predicted molar refractivity (Wildman–Crippen MR) is 82.0 cm³/mol. The fourth-order valence-corrected chi connectivity index (χ4v) is 3.40. The zero-order chi connectivity index (χ0) is 14.1. The van der Waals surface area contributed by atoms with Crippen molar-refractivity contribution in [3.05, 3.63) is 11.4 Å². The number of nitrogens with zero attached hydrogens (tertiary/aromatic N) is 4. The van der Waals surface area contributed by atoms with Gasteiger partial charge in [0, 0.05) is 37.7 Å². The van der Waals surface area contributed by atoms with Crippen LogP contribution >= 0.6 is 0 Å². The first-order valence-electron chi connectivity index (χ1n) is 7.81. The molecule has 1 aromatic rings. The lowest BCUT2D eigenvalue weighted by Gasteiger charge is -2.38. The minimum atomic E-state index is 0.646. The molecule has 20 heavy (non-hydrogen) atoms. The summed E-state index contributed by atoms with van der Waals surface area (Å²) in [5, 5.41) is 0. The van der Waals surface area contributed by atoms with Crippen LogP contribution in [0, 0.1) is 6.92 Å². The van der Waals surface area contributed by atoms with Crippen molar-refractivity contribution in [3.8, 4) is 0 Å². The summed E-state index contributed by atoms with van der Waals surface area (Å²) in [7, 11) is 0. The van der Waals surface area contributed by atoms with Crippen molar-refractivity contribution >= 4 is 11.6 Å². The molecule has 1 unspecified atom stereocenters. The van der Waals surface area contributed by atoms with Gasteiger partial charge in [-0.3, -0.25) is 4.90 Å². The number of piperazine rings is 1. The number of hydrogen-bond donors (Lipinski definition) is 1. The van der Waals surface area contributed by atoms with Gasteiger partial charge in [-0.2, -0.15) is 0 Å². The van der Waals surface area contributed by atoms with Gasteiger partial charge < -0.3 is 10.6 Å². The highest BCUT2D eigenvalue weighted by atomic mass is 15.3. The second-order valence-corrected chi connectivity index (χ2v) is 6.00. The maximum Gasteiger partial charge on any atom is 0.137 e. The van der Waals surface area contributed by atoms with Crippen molar-refractivity contribution in [2.45, 2.75) is 45.6 Å². The van der Waals surface area contributed by atoms with E-state index in [9.17, 15) is 0 Å². The molecule has 1 aromatic heterocycles. The second-order valence-electron chi connectivity index (χ2n) is 6.00. The van der Waals surface area contributed by atoms with Crippen LogP contribution in [-0.2, 0) is 6.42 Å². The van der Waals surface area contributed by atoms with Gasteiger partial charge in [0.2, 0.25) is 0 Å². The van der Waals surface area contributed by atoms with Gasteiger partial charge in [-0.15, -0.1) is 0 Å². The van der Waals surface area contributed by atoms with E-state index in [1.165, 1.54) is 19.4 Å². The highest BCUT2D eigenvalue weighted by molar-refractivity contribution is 5.57. The van der Waals surface area contributed by atoms with Gasteiger partial charge in [-0.25, -0.2) is 9.97 Å². The second kappa shape index (κ2) is 5.56. The quantitative estimate of drug-likeness (QED) is 0.908. The summed E-state index contributed by atoms with van der Waals surface area (Å²) >= 11 is 0. The van der Waals surface area contributed by atoms with E-state index in [1.807, 2.05) is 6.92 Å². The number of nitrogens with two attached hydrogens (primary N) is 1. The van der Waals surface area contributed by atoms with E-state index < -0.39 is 0 Å². The normalized spacial score (nSPS) is 23.1. The topological polar surface area (TPSA) is 58.3 Å². The molecule has 110 valence electrons. The highest BCUT2D eigenvalue weighted by Crippen LogP contribution is 2.28. The van der Waals surface area contributed by atoms with E-state index in [0.29, 0.717) is 11.9 Å². The molecule has 5 heteroatoms. The standard InChI is InChI=1S/C15H25N5/c1-3-5-13-17-14(16)11(2)15(18-13)20-9-8-19-7-4-6-12(19)10-20/h12H,3-10H2,1-2H3,(H2,16,17,18). The zero-order valence-corrected chi connectivity index (χ0v) is 12.6. The van der Waals surface area contributed by atoms with E-state index in [2.05, 4.69) is 21.7 Å². The lowest BCUT2D eigenvalue weighted by molar-refractivity contribution is 0.230. The first kappa shape index (κ1) is 13.6. The molecule has 3 heterocycles. The number of aryl methyl sites for hydroxylation is 1. The third-order valence-electron chi connectivity index (χ3n) is 4.56. The Morgan fingerprint density at radius 1 is 1.25 bits per heavy atom. The maximum atomic E-state index is 6.08. The molecule has 1 atom stereocenters. The van der Waals surface area contributed by atoms with E-state index >= 15 is 0 Å². The molecule has 0 spiro atoms. The third-order valence-corrected chi connectivity index (χ3v) is 4.56. The van der Waals surface area contributed by atoms with Crippen LogP contribution < -0.4 is 10.6 Å². The number of nitrogen functional groups attached to an aromatic ring is 1. The number of rotatable bonds is 3.